The number of rotatable bonds is 4. The monoisotopic (exact) mass is 361 g/mol. The Morgan fingerprint density at radius 2 is 2.08 bits per heavy atom. The molecule has 140 valence electrons. The van der Waals surface area contributed by atoms with Crippen LogP contribution in [0.2, 0.25) is 0 Å². The van der Waals surface area contributed by atoms with E-state index in [9.17, 15) is 18.0 Å². The van der Waals surface area contributed by atoms with Crippen LogP contribution in [0.5, 0.6) is 0 Å². The first-order chi connectivity index (χ1) is 11.8. The highest BCUT2D eigenvalue weighted by atomic mass is 19.4. The van der Waals surface area contributed by atoms with Crippen LogP contribution in [0.1, 0.15) is 43.0 Å². The molecule has 1 aromatic heterocycles. The van der Waals surface area contributed by atoms with E-state index >= 15 is 0 Å². The van der Waals surface area contributed by atoms with E-state index in [0.717, 1.165) is 11.3 Å². The Morgan fingerprint density at radius 3 is 2.76 bits per heavy atom. The van der Waals surface area contributed by atoms with Gasteiger partial charge < -0.3 is 15.2 Å². The molecule has 0 radical (unpaired) electrons. The zero-order valence-electron chi connectivity index (χ0n) is 13.8. The zero-order valence-corrected chi connectivity index (χ0v) is 13.8. The SMILES string of the molecule is O=c1cc2c(nn1C1CCC(NCC(O)C(F)(F)F)CC1)CCOC2. The largest absolute Gasteiger partial charge is 0.415 e. The van der Waals surface area contributed by atoms with Crippen LogP contribution in [-0.4, -0.2) is 46.4 Å². The van der Waals surface area contributed by atoms with Gasteiger partial charge in [-0.05, 0) is 25.7 Å². The summed E-state index contributed by atoms with van der Waals surface area (Å²) in [7, 11) is 0. The third kappa shape index (κ3) is 4.39. The van der Waals surface area contributed by atoms with E-state index in [1.165, 1.54) is 4.68 Å². The summed E-state index contributed by atoms with van der Waals surface area (Å²) >= 11 is 0. The van der Waals surface area contributed by atoms with E-state index in [-0.39, 0.29) is 17.6 Å². The predicted octanol–water partition coefficient (Wildman–Crippen LogP) is 1.31. The van der Waals surface area contributed by atoms with Crippen LogP contribution < -0.4 is 10.9 Å². The Bertz CT molecular complexity index is 654. The first kappa shape index (κ1) is 18.3. The minimum atomic E-state index is -4.60. The molecule has 1 saturated carbocycles. The van der Waals surface area contributed by atoms with Crippen molar-refractivity contribution in [2.45, 2.75) is 63.1 Å². The first-order valence-electron chi connectivity index (χ1n) is 8.52. The van der Waals surface area contributed by atoms with Gasteiger partial charge in [-0.3, -0.25) is 4.79 Å². The van der Waals surface area contributed by atoms with Crippen LogP contribution in [0.25, 0.3) is 0 Å². The number of halogens is 3. The number of alkyl halides is 3. The summed E-state index contributed by atoms with van der Waals surface area (Å²) < 4.78 is 43.8. The molecule has 2 N–H and O–H groups in total. The number of ether oxygens (including phenoxy) is 1. The average Bonchev–Trinajstić information content (AvgIpc) is 2.58. The standard InChI is InChI=1S/C16H22F3N3O3/c17-16(18,19)14(23)8-20-11-1-3-12(4-2-11)22-15(24)7-10-9-25-6-5-13(10)21-22/h7,11-12,14,20,23H,1-6,8-9H2. The van der Waals surface area contributed by atoms with Gasteiger partial charge in [0.25, 0.3) is 5.56 Å². The normalized spacial score (nSPS) is 25.4. The van der Waals surface area contributed by atoms with Crippen molar-refractivity contribution in [2.24, 2.45) is 0 Å². The zero-order chi connectivity index (χ0) is 18.0. The summed E-state index contributed by atoms with van der Waals surface area (Å²) in [6.45, 7) is 0.503. The van der Waals surface area contributed by atoms with Gasteiger partial charge in [-0.1, -0.05) is 0 Å². The highest BCUT2D eigenvalue weighted by molar-refractivity contribution is 5.19. The lowest BCUT2D eigenvalue weighted by molar-refractivity contribution is -0.202. The molecule has 2 aliphatic rings. The smallest absolute Gasteiger partial charge is 0.382 e. The predicted molar refractivity (Wildman–Crippen MR) is 83.2 cm³/mol. The summed E-state index contributed by atoms with van der Waals surface area (Å²) in [5.41, 5.74) is 1.57. The highest BCUT2D eigenvalue weighted by Gasteiger charge is 2.38. The maximum Gasteiger partial charge on any atom is 0.415 e. The molecule has 9 heteroatoms. The number of aliphatic hydroxyl groups is 1. The summed E-state index contributed by atoms with van der Waals surface area (Å²) in [5, 5.41) is 16.3. The highest BCUT2D eigenvalue weighted by Crippen LogP contribution is 2.28. The van der Waals surface area contributed by atoms with E-state index in [0.29, 0.717) is 45.3 Å². The topological polar surface area (TPSA) is 76.4 Å². The molecule has 0 aromatic carbocycles. The van der Waals surface area contributed by atoms with Crippen molar-refractivity contribution >= 4 is 0 Å². The van der Waals surface area contributed by atoms with Crippen molar-refractivity contribution in [2.75, 3.05) is 13.2 Å². The lowest BCUT2D eigenvalue weighted by Gasteiger charge is -2.31. The van der Waals surface area contributed by atoms with Gasteiger partial charge in [-0.15, -0.1) is 0 Å². The minimum absolute atomic E-state index is 0.0359. The van der Waals surface area contributed by atoms with Gasteiger partial charge >= 0.3 is 6.18 Å². The van der Waals surface area contributed by atoms with Crippen molar-refractivity contribution in [3.63, 3.8) is 0 Å². The van der Waals surface area contributed by atoms with Crippen LogP contribution in [0.4, 0.5) is 13.2 Å². The molecule has 1 atom stereocenters. The van der Waals surface area contributed by atoms with Crippen molar-refractivity contribution in [3.8, 4) is 0 Å². The molecule has 1 aromatic rings. The van der Waals surface area contributed by atoms with Gasteiger partial charge in [-0.25, -0.2) is 4.68 Å². The second kappa shape index (κ2) is 7.43. The van der Waals surface area contributed by atoms with Crippen molar-refractivity contribution in [1.82, 2.24) is 15.1 Å². The average molecular weight is 361 g/mol. The third-order valence-electron chi connectivity index (χ3n) is 4.88. The lowest BCUT2D eigenvalue weighted by Crippen LogP contribution is -2.44. The molecule has 3 rings (SSSR count). The Hall–Kier alpha value is -1.45. The van der Waals surface area contributed by atoms with E-state index < -0.39 is 18.8 Å². The maximum atomic E-state index is 12.3. The molecule has 0 spiro atoms. The fourth-order valence-corrected chi connectivity index (χ4v) is 3.41. The second-order valence-electron chi connectivity index (χ2n) is 6.67. The van der Waals surface area contributed by atoms with E-state index in [1.807, 2.05) is 0 Å². The van der Waals surface area contributed by atoms with Crippen LogP contribution in [0.15, 0.2) is 10.9 Å². The number of hydrogen-bond acceptors (Lipinski definition) is 5. The van der Waals surface area contributed by atoms with E-state index in [4.69, 9.17) is 9.84 Å². The number of fused-ring (bicyclic) bond motifs is 1. The van der Waals surface area contributed by atoms with Gasteiger partial charge in [0.15, 0.2) is 6.10 Å². The van der Waals surface area contributed by atoms with E-state index in [1.54, 1.807) is 6.07 Å². The molecule has 0 amide bonds. The molecule has 1 aliphatic carbocycles. The molecule has 2 heterocycles. The molecule has 25 heavy (non-hydrogen) atoms. The van der Waals surface area contributed by atoms with Crippen molar-refractivity contribution < 1.29 is 23.0 Å². The number of hydrogen-bond donors (Lipinski definition) is 2. The number of aliphatic hydroxyl groups excluding tert-OH is 1. The molecular formula is C16H22F3N3O3. The Labute approximate surface area is 143 Å². The summed E-state index contributed by atoms with van der Waals surface area (Å²) in [4.78, 5) is 12.3. The third-order valence-corrected chi connectivity index (χ3v) is 4.88. The fourth-order valence-electron chi connectivity index (χ4n) is 3.41. The Balaban J connectivity index is 1.57. The Kier molecular flexibility index (Phi) is 5.45. The molecule has 1 unspecified atom stereocenters. The van der Waals surface area contributed by atoms with Crippen molar-refractivity contribution in [3.05, 3.63) is 27.7 Å². The van der Waals surface area contributed by atoms with Gasteiger partial charge in [0.2, 0.25) is 0 Å². The van der Waals surface area contributed by atoms with Gasteiger partial charge in [0.05, 0.1) is 24.9 Å². The summed E-state index contributed by atoms with van der Waals surface area (Å²) in [6.07, 6.45) is -3.65. The summed E-state index contributed by atoms with van der Waals surface area (Å²) in [6, 6.07) is 1.45. The minimum Gasteiger partial charge on any atom is -0.382 e. The van der Waals surface area contributed by atoms with Crippen LogP contribution in [-0.2, 0) is 17.8 Å². The molecule has 1 aliphatic heterocycles. The van der Waals surface area contributed by atoms with Gasteiger partial charge in [-0.2, -0.15) is 18.3 Å². The molecule has 6 nitrogen and oxygen atoms in total. The van der Waals surface area contributed by atoms with Gasteiger partial charge in [0.1, 0.15) is 0 Å². The maximum absolute atomic E-state index is 12.3. The number of aromatic nitrogens is 2. The second-order valence-corrected chi connectivity index (χ2v) is 6.67. The lowest BCUT2D eigenvalue weighted by atomic mass is 9.91. The first-order valence-corrected chi connectivity index (χ1v) is 8.52. The quantitative estimate of drug-likeness (QED) is 0.846. The molecule has 1 fully saturated rings. The van der Waals surface area contributed by atoms with Crippen LogP contribution in [0.3, 0.4) is 0 Å². The number of nitrogens with one attached hydrogen (secondary N) is 1. The summed E-state index contributed by atoms with van der Waals surface area (Å²) in [5.74, 6) is 0. The van der Waals surface area contributed by atoms with Crippen LogP contribution >= 0.6 is 0 Å². The van der Waals surface area contributed by atoms with Gasteiger partial charge in [0, 0.05) is 30.6 Å². The number of nitrogens with zero attached hydrogens (tertiary/aromatic N) is 2. The Morgan fingerprint density at radius 1 is 1.36 bits per heavy atom. The van der Waals surface area contributed by atoms with E-state index in [2.05, 4.69) is 10.4 Å². The molecule has 0 saturated heterocycles. The molecule has 0 bridgehead atoms. The van der Waals surface area contributed by atoms with Crippen LogP contribution in [0, 0.1) is 0 Å². The van der Waals surface area contributed by atoms with Crippen molar-refractivity contribution in [1.29, 1.82) is 0 Å². The fraction of sp³-hybridized carbons (Fsp3) is 0.750. The molecular weight excluding hydrogens is 339 g/mol.